The van der Waals surface area contributed by atoms with Crippen molar-refractivity contribution in [3.8, 4) is 17.3 Å². The van der Waals surface area contributed by atoms with Gasteiger partial charge in [-0.1, -0.05) is 18.2 Å². The average Bonchev–Trinajstić information content (AvgIpc) is 3.20. The fourth-order valence-corrected chi connectivity index (χ4v) is 1.96. The zero-order valence-corrected chi connectivity index (χ0v) is 11.7. The Kier molecular flexibility index (Phi) is 3.61. The molecule has 0 bridgehead atoms. The second kappa shape index (κ2) is 5.88. The first-order chi connectivity index (χ1) is 10.8. The number of nitrogens with one attached hydrogen (secondary N) is 2. The van der Waals surface area contributed by atoms with E-state index in [9.17, 15) is 0 Å². The average molecular weight is 292 g/mol. The third kappa shape index (κ3) is 2.69. The van der Waals surface area contributed by atoms with Crippen LogP contribution in [0.4, 0.5) is 5.69 Å². The molecule has 0 aliphatic heterocycles. The zero-order chi connectivity index (χ0) is 15.4. The first-order valence-corrected chi connectivity index (χ1v) is 6.47. The quantitative estimate of drug-likeness (QED) is 0.707. The van der Waals surface area contributed by atoms with Crippen molar-refractivity contribution >= 4 is 11.3 Å². The normalized spacial score (nSPS) is 11.2. The molecule has 108 valence electrons. The van der Waals surface area contributed by atoms with Crippen molar-refractivity contribution in [3.63, 3.8) is 0 Å². The highest BCUT2D eigenvalue weighted by atomic mass is 15.5. The minimum atomic E-state index is 0.241. The molecule has 0 unspecified atom stereocenters. The lowest BCUT2D eigenvalue weighted by Gasteiger charge is -2.07. The molecule has 3 aromatic rings. The summed E-state index contributed by atoms with van der Waals surface area (Å²) in [5.74, 6) is 0.241. The summed E-state index contributed by atoms with van der Waals surface area (Å²) >= 11 is 0. The molecule has 8 nitrogen and oxygen atoms in total. The highest BCUT2D eigenvalue weighted by Crippen LogP contribution is 2.26. The Morgan fingerprint density at radius 1 is 1.36 bits per heavy atom. The molecule has 1 aromatic carbocycles. The Morgan fingerprint density at radius 2 is 2.23 bits per heavy atom. The molecular formula is C14H12N8. The Balaban J connectivity index is 1.92. The van der Waals surface area contributed by atoms with Crippen LogP contribution in [0.3, 0.4) is 0 Å². The summed E-state index contributed by atoms with van der Waals surface area (Å²) in [6, 6.07) is 11.7. The predicted molar refractivity (Wildman–Crippen MR) is 80.0 cm³/mol. The van der Waals surface area contributed by atoms with Gasteiger partial charge in [0.2, 0.25) is 5.82 Å². The minimum Gasteiger partial charge on any atom is -0.360 e. The van der Waals surface area contributed by atoms with E-state index in [0.717, 1.165) is 16.9 Å². The van der Waals surface area contributed by atoms with Crippen LogP contribution in [0, 0.1) is 11.3 Å². The third-order valence-corrected chi connectivity index (χ3v) is 3.00. The Morgan fingerprint density at radius 3 is 2.91 bits per heavy atom. The number of hydrogen-bond acceptors (Lipinski definition) is 6. The molecule has 2 N–H and O–H groups in total. The van der Waals surface area contributed by atoms with Gasteiger partial charge in [0.15, 0.2) is 0 Å². The molecule has 0 atom stereocenters. The van der Waals surface area contributed by atoms with Crippen molar-refractivity contribution in [2.45, 2.75) is 0 Å². The van der Waals surface area contributed by atoms with Crippen molar-refractivity contribution in [2.24, 2.45) is 7.05 Å². The summed E-state index contributed by atoms with van der Waals surface area (Å²) in [4.78, 5) is 0. The van der Waals surface area contributed by atoms with Crippen LogP contribution in [0.2, 0.25) is 0 Å². The third-order valence-electron chi connectivity index (χ3n) is 3.00. The number of tetrazole rings is 1. The second-order valence-corrected chi connectivity index (χ2v) is 4.47. The van der Waals surface area contributed by atoms with Crippen molar-refractivity contribution in [3.05, 3.63) is 48.6 Å². The summed E-state index contributed by atoms with van der Waals surface area (Å²) in [7, 11) is 1.86. The number of para-hydroxylation sites is 1. The molecule has 0 fully saturated rings. The molecule has 22 heavy (non-hydrogen) atoms. The largest absolute Gasteiger partial charge is 0.360 e. The molecule has 0 aliphatic rings. The van der Waals surface area contributed by atoms with Crippen LogP contribution in [0.25, 0.3) is 16.8 Å². The molecule has 2 aromatic heterocycles. The van der Waals surface area contributed by atoms with Crippen molar-refractivity contribution in [1.29, 1.82) is 5.26 Å². The van der Waals surface area contributed by atoms with Crippen LogP contribution < -0.4 is 5.32 Å². The maximum Gasteiger partial charge on any atom is 0.216 e. The number of allylic oxidation sites excluding steroid dienone is 1. The van der Waals surface area contributed by atoms with E-state index in [1.165, 1.54) is 0 Å². The number of benzene rings is 1. The maximum absolute atomic E-state index is 9.17. The lowest BCUT2D eigenvalue weighted by Crippen LogP contribution is -1.96. The number of H-pyrrole nitrogens is 1. The Hall–Kier alpha value is -3.47. The Labute approximate surface area is 126 Å². The molecule has 0 saturated heterocycles. The molecule has 0 amide bonds. The van der Waals surface area contributed by atoms with Crippen LogP contribution in [-0.4, -0.2) is 30.4 Å². The maximum atomic E-state index is 9.17. The number of anilines is 1. The first kappa shape index (κ1) is 13.5. The van der Waals surface area contributed by atoms with E-state index in [4.69, 9.17) is 5.26 Å². The fourth-order valence-electron chi connectivity index (χ4n) is 1.96. The summed E-state index contributed by atoms with van der Waals surface area (Å²) in [5.41, 5.74) is 2.89. The van der Waals surface area contributed by atoms with Crippen molar-refractivity contribution < 1.29 is 0 Å². The van der Waals surface area contributed by atoms with Gasteiger partial charge in [-0.3, -0.25) is 4.68 Å². The summed E-state index contributed by atoms with van der Waals surface area (Å²) in [5, 5.41) is 30.0. The minimum absolute atomic E-state index is 0.241. The molecule has 2 heterocycles. The molecule has 3 rings (SSSR count). The second-order valence-electron chi connectivity index (χ2n) is 4.47. The van der Waals surface area contributed by atoms with Gasteiger partial charge in [-0.2, -0.15) is 15.6 Å². The van der Waals surface area contributed by atoms with Crippen LogP contribution >= 0.6 is 0 Å². The fraction of sp³-hybridized carbons (Fsp3) is 0.0714. The first-order valence-electron chi connectivity index (χ1n) is 6.47. The zero-order valence-electron chi connectivity index (χ0n) is 11.7. The Bertz CT molecular complexity index is 838. The number of nitriles is 1. The van der Waals surface area contributed by atoms with Gasteiger partial charge in [0.05, 0.1) is 5.69 Å². The number of aryl methyl sites for hydroxylation is 1. The lowest BCUT2D eigenvalue weighted by atomic mass is 10.1. The molecule has 0 saturated carbocycles. The molecule has 0 aliphatic carbocycles. The summed E-state index contributed by atoms with van der Waals surface area (Å²) < 4.78 is 1.74. The molecule has 8 heteroatoms. The van der Waals surface area contributed by atoms with Crippen LogP contribution in [0.15, 0.2) is 42.7 Å². The standard InChI is InChI=1S/C14H12N8/c1-22-7-6-13(19-22)11-4-2-3-5-12(11)16-9-10(8-15)14-17-20-21-18-14/h2-7,9,16H,1H3,(H,17,18,20,21). The number of rotatable bonds is 4. The number of hydrogen-bond donors (Lipinski definition) is 2. The van der Waals surface area contributed by atoms with E-state index in [-0.39, 0.29) is 11.4 Å². The molecular weight excluding hydrogens is 280 g/mol. The van der Waals surface area contributed by atoms with Crippen molar-refractivity contribution in [2.75, 3.05) is 5.32 Å². The van der Waals surface area contributed by atoms with E-state index in [0.29, 0.717) is 0 Å². The van der Waals surface area contributed by atoms with Gasteiger partial charge in [-0.15, -0.1) is 10.2 Å². The number of aromatic amines is 1. The van der Waals surface area contributed by atoms with E-state index in [2.05, 4.69) is 31.0 Å². The van der Waals surface area contributed by atoms with Crippen LogP contribution in [0.1, 0.15) is 5.82 Å². The molecule has 0 radical (unpaired) electrons. The molecule has 0 spiro atoms. The van der Waals surface area contributed by atoms with Gasteiger partial charge in [0, 0.05) is 30.7 Å². The summed E-state index contributed by atoms with van der Waals surface area (Å²) in [6.07, 6.45) is 3.43. The van der Waals surface area contributed by atoms with Crippen LogP contribution in [-0.2, 0) is 7.05 Å². The van der Waals surface area contributed by atoms with Crippen LogP contribution in [0.5, 0.6) is 0 Å². The smallest absolute Gasteiger partial charge is 0.216 e. The number of nitrogens with zero attached hydrogens (tertiary/aromatic N) is 6. The SMILES string of the molecule is Cn1ccc(-c2ccccc2NC=C(C#N)c2nn[nH]n2)n1. The van der Waals surface area contributed by atoms with E-state index < -0.39 is 0 Å². The van der Waals surface area contributed by atoms with Gasteiger partial charge >= 0.3 is 0 Å². The van der Waals surface area contributed by atoms with Gasteiger partial charge in [0.1, 0.15) is 11.6 Å². The predicted octanol–water partition coefficient (Wildman–Crippen LogP) is 1.58. The van der Waals surface area contributed by atoms with Gasteiger partial charge in [-0.05, 0) is 17.3 Å². The van der Waals surface area contributed by atoms with E-state index in [1.807, 2.05) is 49.6 Å². The van der Waals surface area contributed by atoms with Gasteiger partial charge < -0.3 is 5.32 Å². The highest BCUT2D eigenvalue weighted by molar-refractivity contribution is 5.79. The highest BCUT2D eigenvalue weighted by Gasteiger charge is 2.08. The topological polar surface area (TPSA) is 108 Å². The monoisotopic (exact) mass is 292 g/mol. The van der Waals surface area contributed by atoms with Crippen molar-refractivity contribution in [1.82, 2.24) is 30.4 Å². The number of aromatic nitrogens is 6. The van der Waals surface area contributed by atoms with Gasteiger partial charge in [-0.25, -0.2) is 0 Å². The lowest BCUT2D eigenvalue weighted by molar-refractivity contribution is 0.771. The van der Waals surface area contributed by atoms with E-state index in [1.54, 1.807) is 10.9 Å². The van der Waals surface area contributed by atoms with E-state index >= 15 is 0 Å². The summed E-state index contributed by atoms with van der Waals surface area (Å²) in [6.45, 7) is 0. The van der Waals surface area contributed by atoms with Gasteiger partial charge in [0.25, 0.3) is 0 Å².